The lowest BCUT2D eigenvalue weighted by Gasteiger charge is -2.34. The highest BCUT2D eigenvalue weighted by atomic mass is 15.3. The summed E-state index contributed by atoms with van der Waals surface area (Å²) in [5.74, 6) is 1.06. The minimum Gasteiger partial charge on any atom is -0.341 e. The van der Waals surface area contributed by atoms with E-state index in [-0.39, 0.29) is 0 Å². The SMILES string of the molecule is Cc1ccc2nc(CN3CCN(CCn4cncn4)CC3)[nH]c2c1. The van der Waals surface area contributed by atoms with Crippen LogP contribution in [0.15, 0.2) is 30.9 Å². The fourth-order valence-electron chi connectivity index (χ4n) is 3.23. The Kier molecular flexibility index (Phi) is 4.27. The molecule has 1 aromatic carbocycles. The molecular weight excluding hydrogens is 302 g/mol. The van der Waals surface area contributed by atoms with Crippen molar-refractivity contribution in [1.82, 2.24) is 34.5 Å². The first-order valence-electron chi connectivity index (χ1n) is 8.49. The van der Waals surface area contributed by atoms with E-state index in [2.05, 4.69) is 50.0 Å². The summed E-state index contributed by atoms with van der Waals surface area (Å²) in [5.41, 5.74) is 3.46. The molecule has 1 N–H and O–H groups in total. The maximum Gasteiger partial charge on any atom is 0.137 e. The van der Waals surface area contributed by atoms with Gasteiger partial charge >= 0.3 is 0 Å². The molecule has 24 heavy (non-hydrogen) atoms. The van der Waals surface area contributed by atoms with Gasteiger partial charge in [-0.2, -0.15) is 5.10 Å². The van der Waals surface area contributed by atoms with Crippen molar-refractivity contribution in [1.29, 1.82) is 0 Å². The summed E-state index contributed by atoms with van der Waals surface area (Å²) >= 11 is 0. The van der Waals surface area contributed by atoms with Crippen LogP contribution in [0.1, 0.15) is 11.4 Å². The maximum absolute atomic E-state index is 4.71. The van der Waals surface area contributed by atoms with Crippen molar-refractivity contribution in [2.24, 2.45) is 0 Å². The van der Waals surface area contributed by atoms with Gasteiger partial charge in [0.05, 0.1) is 24.1 Å². The quantitative estimate of drug-likeness (QED) is 0.765. The van der Waals surface area contributed by atoms with Crippen molar-refractivity contribution in [3.05, 3.63) is 42.2 Å². The lowest BCUT2D eigenvalue weighted by atomic mass is 10.2. The van der Waals surface area contributed by atoms with Crippen LogP contribution in [0.2, 0.25) is 0 Å². The van der Waals surface area contributed by atoms with Gasteiger partial charge in [0.1, 0.15) is 18.5 Å². The molecule has 0 spiro atoms. The van der Waals surface area contributed by atoms with E-state index in [1.807, 2.05) is 4.68 Å². The fourth-order valence-corrected chi connectivity index (χ4v) is 3.23. The number of hydrogen-bond donors (Lipinski definition) is 1. The normalized spacial score (nSPS) is 16.9. The number of piperazine rings is 1. The van der Waals surface area contributed by atoms with Crippen LogP contribution in [0.4, 0.5) is 0 Å². The standard InChI is InChI=1S/C17H23N7/c1-14-2-3-15-16(10-14)21-17(20-15)11-23-6-4-22(5-7-23)8-9-24-13-18-12-19-24/h2-3,10,12-13H,4-9,11H2,1H3,(H,20,21). The third-order valence-electron chi connectivity index (χ3n) is 4.64. The van der Waals surface area contributed by atoms with Gasteiger partial charge in [-0.15, -0.1) is 0 Å². The molecule has 0 unspecified atom stereocenters. The smallest absolute Gasteiger partial charge is 0.137 e. The molecule has 126 valence electrons. The summed E-state index contributed by atoms with van der Waals surface area (Å²) in [6.07, 6.45) is 3.37. The number of aryl methyl sites for hydroxylation is 1. The lowest BCUT2D eigenvalue weighted by molar-refractivity contribution is 0.121. The number of hydrogen-bond acceptors (Lipinski definition) is 5. The Morgan fingerprint density at radius 1 is 1.08 bits per heavy atom. The number of aromatic amines is 1. The number of aromatic nitrogens is 5. The van der Waals surface area contributed by atoms with Crippen LogP contribution in [-0.4, -0.2) is 67.3 Å². The molecule has 0 amide bonds. The van der Waals surface area contributed by atoms with Gasteiger partial charge in [0.25, 0.3) is 0 Å². The van der Waals surface area contributed by atoms with E-state index in [0.29, 0.717) is 0 Å². The Hall–Kier alpha value is -2.25. The zero-order valence-corrected chi connectivity index (χ0v) is 14.0. The lowest BCUT2D eigenvalue weighted by Crippen LogP contribution is -2.46. The molecule has 3 heterocycles. The van der Waals surface area contributed by atoms with E-state index < -0.39 is 0 Å². The van der Waals surface area contributed by atoms with Crippen LogP contribution in [0, 0.1) is 6.92 Å². The third-order valence-corrected chi connectivity index (χ3v) is 4.64. The van der Waals surface area contributed by atoms with Crippen molar-refractivity contribution in [3.63, 3.8) is 0 Å². The molecule has 0 saturated carbocycles. The largest absolute Gasteiger partial charge is 0.341 e. The van der Waals surface area contributed by atoms with Crippen LogP contribution >= 0.6 is 0 Å². The van der Waals surface area contributed by atoms with Gasteiger partial charge in [-0.05, 0) is 24.6 Å². The first-order chi connectivity index (χ1) is 11.8. The summed E-state index contributed by atoms with van der Waals surface area (Å²) in [6.45, 7) is 9.27. The number of imidazole rings is 1. The second-order valence-corrected chi connectivity index (χ2v) is 6.48. The second-order valence-electron chi connectivity index (χ2n) is 6.48. The molecule has 3 aromatic rings. The number of benzene rings is 1. The fraction of sp³-hybridized carbons (Fsp3) is 0.471. The van der Waals surface area contributed by atoms with Crippen molar-refractivity contribution in [2.75, 3.05) is 32.7 Å². The molecule has 1 aliphatic heterocycles. The average Bonchev–Trinajstić information content (AvgIpc) is 3.23. The molecule has 7 heteroatoms. The molecule has 7 nitrogen and oxygen atoms in total. The Labute approximate surface area is 141 Å². The zero-order chi connectivity index (χ0) is 16.4. The van der Waals surface area contributed by atoms with Crippen LogP contribution in [0.25, 0.3) is 11.0 Å². The Balaban J connectivity index is 1.29. The topological polar surface area (TPSA) is 65.9 Å². The minimum absolute atomic E-state index is 0.893. The predicted octanol–water partition coefficient (Wildman–Crippen LogP) is 1.28. The molecule has 2 aromatic heterocycles. The van der Waals surface area contributed by atoms with Gasteiger partial charge < -0.3 is 4.98 Å². The molecule has 1 fully saturated rings. The highest BCUT2D eigenvalue weighted by Gasteiger charge is 2.18. The van der Waals surface area contributed by atoms with E-state index >= 15 is 0 Å². The summed E-state index contributed by atoms with van der Waals surface area (Å²) in [5, 5.41) is 4.15. The maximum atomic E-state index is 4.71. The van der Waals surface area contributed by atoms with Gasteiger partial charge in [-0.3, -0.25) is 14.5 Å². The van der Waals surface area contributed by atoms with Crippen molar-refractivity contribution >= 4 is 11.0 Å². The number of H-pyrrole nitrogens is 1. The molecule has 0 atom stereocenters. The molecule has 1 saturated heterocycles. The number of rotatable bonds is 5. The summed E-state index contributed by atoms with van der Waals surface area (Å²) in [7, 11) is 0. The van der Waals surface area contributed by atoms with E-state index in [1.165, 1.54) is 5.56 Å². The van der Waals surface area contributed by atoms with Gasteiger partial charge in [0.2, 0.25) is 0 Å². The van der Waals surface area contributed by atoms with Crippen LogP contribution in [0.3, 0.4) is 0 Å². The van der Waals surface area contributed by atoms with Crippen molar-refractivity contribution in [3.8, 4) is 0 Å². The van der Waals surface area contributed by atoms with Crippen LogP contribution in [-0.2, 0) is 13.1 Å². The van der Waals surface area contributed by atoms with Gasteiger partial charge in [-0.25, -0.2) is 9.97 Å². The summed E-state index contributed by atoms with van der Waals surface area (Å²) in [4.78, 5) is 17.1. The minimum atomic E-state index is 0.893. The monoisotopic (exact) mass is 325 g/mol. The van der Waals surface area contributed by atoms with Crippen LogP contribution in [0.5, 0.6) is 0 Å². The Morgan fingerprint density at radius 3 is 2.71 bits per heavy atom. The Morgan fingerprint density at radius 2 is 1.92 bits per heavy atom. The average molecular weight is 325 g/mol. The number of nitrogens with one attached hydrogen (secondary N) is 1. The molecule has 0 aliphatic carbocycles. The molecule has 0 bridgehead atoms. The highest BCUT2D eigenvalue weighted by molar-refractivity contribution is 5.75. The zero-order valence-electron chi connectivity index (χ0n) is 14.0. The Bertz CT molecular complexity index is 784. The van der Waals surface area contributed by atoms with E-state index in [0.717, 1.165) is 62.7 Å². The van der Waals surface area contributed by atoms with Crippen LogP contribution < -0.4 is 0 Å². The summed E-state index contributed by atoms with van der Waals surface area (Å²) < 4.78 is 1.89. The van der Waals surface area contributed by atoms with Gasteiger partial charge in [-0.1, -0.05) is 6.07 Å². The van der Waals surface area contributed by atoms with Gasteiger partial charge in [0, 0.05) is 32.7 Å². The molecule has 4 rings (SSSR count). The highest BCUT2D eigenvalue weighted by Crippen LogP contribution is 2.15. The van der Waals surface area contributed by atoms with E-state index in [1.54, 1.807) is 12.7 Å². The first kappa shape index (κ1) is 15.3. The van der Waals surface area contributed by atoms with Crippen molar-refractivity contribution in [2.45, 2.75) is 20.0 Å². The summed E-state index contributed by atoms with van der Waals surface area (Å²) in [6, 6.07) is 6.36. The van der Waals surface area contributed by atoms with Crippen molar-refractivity contribution < 1.29 is 0 Å². The first-order valence-corrected chi connectivity index (χ1v) is 8.49. The number of fused-ring (bicyclic) bond motifs is 1. The van der Waals surface area contributed by atoms with Gasteiger partial charge in [0.15, 0.2) is 0 Å². The third kappa shape index (κ3) is 3.47. The predicted molar refractivity (Wildman–Crippen MR) is 92.6 cm³/mol. The second kappa shape index (κ2) is 6.70. The number of nitrogens with zero attached hydrogens (tertiary/aromatic N) is 6. The van der Waals surface area contributed by atoms with E-state index in [4.69, 9.17) is 4.98 Å². The molecule has 1 aliphatic rings. The molecule has 0 radical (unpaired) electrons. The molecular formula is C17H23N7. The van der Waals surface area contributed by atoms with E-state index in [9.17, 15) is 0 Å².